The SMILES string of the molecule is CC[C@H]1O[C@@H](OC)[C@@](C)(C=CC=CC=CC=Cc2oc(=O)cc(OC)c2C)[C@@]1(C)O. The molecule has 0 amide bonds. The van der Waals surface area contributed by atoms with Crippen LogP contribution in [-0.2, 0) is 9.47 Å². The summed E-state index contributed by atoms with van der Waals surface area (Å²) in [6, 6.07) is 1.32. The molecule has 0 radical (unpaired) electrons. The standard InChI is InChI=1S/C24H32O6/c1-7-20-24(4,26)23(3,22(28-6)30-20)15-13-11-9-8-10-12-14-18-17(2)19(27-5)16-21(25)29-18/h8-16,20,22,26H,7H2,1-6H3/t20-,22-,23-,24+/m1/s1. The quantitative estimate of drug-likeness (QED) is 0.641. The van der Waals surface area contributed by atoms with Crippen LogP contribution in [0.15, 0.2) is 57.8 Å². The van der Waals surface area contributed by atoms with Gasteiger partial charge in [0, 0.05) is 12.7 Å². The number of ether oxygens (including phenoxy) is 3. The van der Waals surface area contributed by atoms with Crippen LogP contribution in [0.25, 0.3) is 6.08 Å². The molecule has 1 aromatic rings. The first-order chi connectivity index (χ1) is 14.2. The lowest BCUT2D eigenvalue weighted by atomic mass is 9.72. The maximum absolute atomic E-state index is 11.5. The van der Waals surface area contributed by atoms with Gasteiger partial charge >= 0.3 is 5.63 Å². The molecule has 0 spiro atoms. The maximum atomic E-state index is 11.5. The van der Waals surface area contributed by atoms with E-state index in [-0.39, 0.29) is 6.10 Å². The lowest BCUT2D eigenvalue weighted by Crippen LogP contribution is -2.48. The van der Waals surface area contributed by atoms with Gasteiger partial charge in [0.1, 0.15) is 17.1 Å². The first kappa shape index (κ1) is 23.9. The van der Waals surface area contributed by atoms with Gasteiger partial charge in [-0.2, -0.15) is 0 Å². The molecule has 1 fully saturated rings. The summed E-state index contributed by atoms with van der Waals surface area (Å²) in [5.74, 6) is 0.959. The average molecular weight is 417 g/mol. The van der Waals surface area contributed by atoms with E-state index in [4.69, 9.17) is 18.6 Å². The molecule has 0 unspecified atom stereocenters. The fourth-order valence-electron chi connectivity index (χ4n) is 3.63. The summed E-state index contributed by atoms with van der Waals surface area (Å²) in [5.41, 5.74) is -1.40. The van der Waals surface area contributed by atoms with Gasteiger partial charge in [0.15, 0.2) is 6.29 Å². The number of hydrogen-bond acceptors (Lipinski definition) is 6. The molecule has 1 aliphatic rings. The molecule has 30 heavy (non-hydrogen) atoms. The number of aliphatic hydroxyl groups is 1. The van der Waals surface area contributed by atoms with Crippen molar-refractivity contribution in [1.82, 2.24) is 0 Å². The minimum atomic E-state index is -1.04. The Morgan fingerprint density at radius 2 is 1.77 bits per heavy atom. The summed E-state index contributed by atoms with van der Waals surface area (Å²) in [6.45, 7) is 7.54. The number of methoxy groups -OCH3 is 2. The lowest BCUT2D eigenvalue weighted by Gasteiger charge is -2.37. The van der Waals surface area contributed by atoms with Crippen LogP contribution >= 0.6 is 0 Å². The lowest BCUT2D eigenvalue weighted by molar-refractivity contribution is -0.143. The fraction of sp³-hybridized carbons (Fsp3) is 0.458. The molecule has 0 aliphatic carbocycles. The van der Waals surface area contributed by atoms with E-state index in [0.29, 0.717) is 17.9 Å². The largest absolute Gasteiger partial charge is 0.496 e. The van der Waals surface area contributed by atoms with E-state index in [1.54, 1.807) is 26.2 Å². The highest BCUT2D eigenvalue weighted by Crippen LogP contribution is 2.48. The van der Waals surface area contributed by atoms with Gasteiger partial charge in [-0.05, 0) is 33.3 Å². The zero-order valence-electron chi connectivity index (χ0n) is 18.5. The zero-order chi connectivity index (χ0) is 22.4. The molecule has 6 nitrogen and oxygen atoms in total. The molecular formula is C24H32O6. The van der Waals surface area contributed by atoms with Crippen LogP contribution in [0.2, 0.25) is 0 Å². The summed E-state index contributed by atoms with van der Waals surface area (Å²) < 4.78 is 21.7. The molecule has 164 valence electrons. The fourth-order valence-corrected chi connectivity index (χ4v) is 3.63. The van der Waals surface area contributed by atoms with Gasteiger partial charge in [-0.15, -0.1) is 0 Å². The van der Waals surface area contributed by atoms with Crippen molar-refractivity contribution < 1.29 is 23.7 Å². The minimum absolute atomic E-state index is 0.286. The van der Waals surface area contributed by atoms with E-state index in [9.17, 15) is 9.90 Å². The maximum Gasteiger partial charge on any atom is 0.339 e. The Hall–Kier alpha value is -2.41. The number of allylic oxidation sites excluding steroid dienone is 6. The van der Waals surface area contributed by atoms with E-state index >= 15 is 0 Å². The Labute approximate surface area is 178 Å². The van der Waals surface area contributed by atoms with Gasteiger partial charge in [0.2, 0.25) is 0 Å². The van der Waals surface area contributed by atoms with E-state index in [1.165, 1.54) is 13.2 Å². The highest BCUT2D eigenvalue weighted by atomic mass is 16.7. The van der Waals surface area contributed by atoms with Crippen molar-refractivity contribution in [3.63, 3.8) is 0 Å². The molecule has 2 heterocycles. The van der Waals surface area contributed by atoms with Crippen molar-refractivity contribution in [2.45, 2.75) is 52.1 Å². The highest BCUT2D eigenvalue weighted by Gasteiger charge is 2.59. The van der Waals surface area contributed by atoms with Crippen LogP contribution in [0.1, 0.15) is 38.5 Å². The van der Waals surface area contributed by atoms with E-state index < -0.39 is 22.9 Å². The van der Waals surface area contributed by atoms with Crippen LogP contribution in [0.4, 0.5) is 0 Å². The van der Waals surface area contributed by atoms with Crippen LogP contribution in [-0.4, -0.2) is 37.3 Å². The van der Waals surface area contributed by atoms with Crippen molar-refractivity contribution in [1.29, 1.82) is 0 Å². The molecule has 1 N–H and O–H groups in total. The normalized spacial score (nSPS) is 29.8. The predicted octanol–water partition coefficient (Wildman–Crippen LogP) is 4.18. The number of rotatable bonds is 8. The predicted molar refractivity (Wildman–Crippen MR) is 117 cm³/mol. The summed E-state index contributed by atoms with van der Waals surface area (Å²) >= 11 is 0. The second-order valence-electron chi connectivity index (χ2n) is 7.64. The zero-order valence-corrected chi connectivity index (χ0v) is 18.5. The van der Waals surface area contributed by atoms with Gasteiger partial charge < -0.3 is 23.7 Å². The molecule has 1 aliphatic heterocycles. The minimum Gasteiger partial charge on any atom is -0.496 e. The third kappa shape index (κ3) is 4.83. The summed E-state index contributed by atoms with van der Waals surface area (Å²) in [5, 5.41) is 11.0. The molecule has 1 saturated heterocycles. The van der Waals surface area contributed by atoms with Gasteiger partial charge in [0.05, 0.1) is 24.7 Å². The average Bonchev–Trinajstić information content (AvgIpc) is 2.91. The van der Waals surface area contributed by atoms with Crippen molar-refractivity contribution in [2.75, 3.05) is 14.2 Å². The molecule has 6 heteroatoms. The van der Waals surface area contributed by atoms with Crippen molar-refractivity contribution in [3.8, 4) is 5.75 Å². The van der Waals surface area contributed by atoms with Crippen LogP contribution in [0.3, 0.4) is 0 Å². The molecule has 1 aromatic heterocycles. The topological polar surface area (TPSA) is 78.1 Å². The van der Waals surface area contributed by atoms with Crippen LogP contribution in [0.5, 0.6) is 5.75 Å². The molecule has 0 saturated carbocycles. The van der Waals surface area contributed by atoms with E-state index in [1.807, 2.05) is 57.2 Å². The first-order valence-corrected chi connectivity index (χ1v) is 9.99. The molecule has 0 bridgehead atoms. The van der Waals surface area contributed by atoms with E-state index in [0.717, 1.165) is 5.56 Å². The Morgan fingerprint density at radius 3 is 2.37 bits per heavy atom. The van der Waals surface area contributed by atoms with Crippen LogP contribution in [0, 0.1) is 12.3 Å². The number of hydrogen-bond donors (Lipinski definition) is 1. The van der Waals surface area contributed by atoms with Crippen molar-refractivity contribution in [2.24, 2.45) is 5.41 Å². The van der Waals surface area contributed by atoms with Gasteiger partial charge in [-0.3, -0.25) is 0 Å². The van der Waals surface area contributed by atoms with E-state index in [2.05, 4.69) is 0 Å². The van der Waals surface area contributed by atoms with Gasteiger partial charge in [0.25, 0.3) is 0 Å². The summed E-state index contributed by atoms with van der Waals surface area (Å²) in [7, 11) is 3.10. The Morgan fingerprint density at radius 1 is 1.13 bits per heavy atom. The smallest absolute Gasteiger partial charge is 0.339 e. The Kier molecular flexibility index (Phi) is 8.01. The molecule has 0 aromatic carbocycles. The Balaban J connectivity index is 2.03. The Bertz CT molecular complexity index is 889. The third-order valence-electron chi connectivity index (χ3n) is 5.74. The monoisotopic (exact) mass is 416 g/mol. The molecule has 4 atom stereocenters. The first-order valence-electron chi connectivity index (χ1n) is 9.99. The van der Waals surface area contributed by atoms with Crippen molar-refractivity contribution >= 4 is 6.08 Å². The summed E-state index contributed by atoms with van der Waals surface area (Å²) in [4.78, 5) is 11.5. The second kappa shape index (κ2) is 10.1. The second-order valence-corrected chi connectivity index (χ2v) is 7.64. The highest BCUT2D eigenvalue weighted by molar-refractivity contribution is 5.52. The molecular weight excluding hydrogens is 384 g/mol. The van der Waals surface area contributed by atoms with Crippen molar-refractivity contribution in [3.05, 3.63) is 70.3 Å². The van der Waals surface area contributed by atoms with Gasteiger partial charge in [-0.25, -0.2) is 4.79 Å². The molecule has 2 rings (SSSR count). The summed E-state index contributed by atoms with van der Waals surface area (Å²) in [6.07, 6.45) is 14.6. The van der Waals surface area contributed by atoms with Gasteiger partial charge in [-0.1, -0.05) is 49.5 Å². The third-order valence-corrected chi connectivity index (χ3v) is 5.74. The van der Waals surface area contributed by atoms with Crippen LogP contribution < -0.4 is 10.4 Å².